The van der Waals surface area contributed by atoms with Crippen LogP contribution in [0.2, 0.25) is 0 Å². The van der Waals surface area contributed by atoms with Gasteiger partial charge in [-0.1, -0.05) is 6.42 Å². The van der Waals surface area contributed by atoms with E-state index in [1.165, 1.54) is 25.8 Å². The predicted octanol–water partition coefficient (Wildman–Crippen LogP) is 0.610. The summed E-state index contributed by atoms with van der Waals surface area (Å²) in [5.41, 5.74) is 0. The standard InChI is InChI=1S/C11H22N2O/c1-14-6-5-12-8-11-10-4-2-3-9(10)7-13-11/h9-13H,2-8H2,1H3. The van der Waals surface area contributed by atoms with Gasteiger partial charge in [0.25, 0.3) is 0 Å². The minimum Gasteiger partial charge on any atom is -0.383 e. The number of hydrogen-bond acceptors (Lipinski definition) is 3. The van der Waals surface area contributed by atoms with E-state index in [1.54, 1.807) is 7.11 Å². The second-order valence-electron chi connectivity index (χ2n) is 4.57. The Labute approximate surface area is 86.6 Å². The third kappa shape index (κ3) is 2.27. The van der Waals surface area contributed by atoms with Crippen molar-refractivity contribution in [1.82, 2.24) is 10.6 Å². The molecule has 2 rings (SSSR count). The lowest BCUT2D eigenvalue weighted by atomic mass is 9.94. The van der Waals surface area contributed by atoms with Gasteiger partial charge in [0.1, 0.15) is 0 Å². The first-order chi connectivity index (χ1) is 6.92. The van der Waals surface area contributed by atoms with Crippen LogP contribution < -0.4 is 10.6 Å². The Bertz CT molecular complexity index is 175. The van der Waals surface area contributed by atoms with Gasteiger partial charge in [-0.05, 0) is 31.2 Å². The summed E-state index contributed by atoms with van der Waals surface area (Å²) >= 11 is 0. The zero-order valence-electron chi connectivity index (χ0n) is 9.09. The molecular weight excluding hydrogens is 176 g/mol. The summed E-state index contributed by atoms with van der Waals surface area (Å²) in [4.78, 5) is 0. The molecule has 0 amide bonds. The average molecular weight is 198 g/mol. The van der Waals surface area contributed by atoms with Crippen LogP contribution in [0.4, 0.5) is 0 Å². The topological polar surface area (TPSA) is 33.3 Å². The highest BCUT2D eigenvalue weighted by atomic mass is 16.5. The summed E-state index contributed by atoms with van der Waals surface area (Å²) in [7, 11) is 1.75. The van der Waals surface area contributed by atoms with Crippen molar-refractivity contribution in [2.24, 2.45) is 11.8 Å². The van der Waals surface area contributed by atoms with Crippen molar-refractivity contribution in [3.05, 3.63) is 0 Å². The molecule has 2 fully saturated rings. The van der Waals surface area contributed by atoms with Gasteiger partial charge in [0, 0.05) is 26.2 Å². The summed E-state index contributed by atoms with van der Waals surface area (Å²) < 4.78 is 5.01. The fraction of sp³-hybridized carbons (Fsp3) is 1.00. The Morgan fingerprint density at radius 1 is 1.43 bits per heavy atom. The lowest BCUT2D eigenvalue weighted by Crippen LogP contribution is -2.38. The Kier molecular flexibility index (Phi) is 3.79. The third-order valence-electron chi connectivity index (χ3n) is 3.72. The van der Waals surface area contributed by atoms with Gasteiger partial charge in [0.15, 0.2) is 0 Å². The summed E-state index contributed by atoms with van der Waals surface area (Å²) in [6.07, 6.45) is 4.34. The minimum atomic E-state index is 0.722. The Morgan fingerprint density at radius 3 is 3.21 bits per heavy atom. The largest absolute Gasteiger partial charge is 0.383 e. The molecule has 3 nitrogen and oxygen atoms in total. The molecular formula is C11H22N2O. The third-order valence-corrected chi connectivity index (χ3v) is 3.72. The number of hydrogen-bond donors (Lipinski definition) is 2. The first-order valence-electron chi connectivity index (χ1n) is 5.85. The van der Waals surface area contributed by atoms with Crippen molar-refractivity contribution in [1.29, 1.82) is 0 Å². The molecule has 1 aliphatic heterocycles. The lowest BCUT2D eigenvalue weighted by Gasteiger charge is -2.18. The van der Waals surface area contributed by atoms with Crippen LogP contribution >= 0.6 is 0 Å². The molecule has 3 atom stereocenters. The molecule has 0 radical (unpaired) electrons. The smallest absolute Gasteiger partial charge is 0.0587 e. The second-order valence-corrected chi connectivity index (χ2v) is 4.57. The molecule has 0 aromatic rings. The summed E-state index contributed by atoms with van der Waals surface area (Å²) in [6.45, 7) is 4.17. The normalized spacial score (nSPS) is 36.2. The van der Waals surface area contributed by atoms with Crippen LogP contribution in [0.25, 0.3) is 0 Å². The molecule has 2 aliphatic rings. The van der Waals surface area contributed by atoms with Crippen LogP contribution in [0.1, 0.15) is 19.3 Å². The van der Waals surface area contributed by atoms with E-state index in [0.29, 0.717) is 0 Å². The Balaban J connectivity index is 1.66. The van der Waals surface area contributed by atoms with Crippen LogP contribution in [0.3, 0.4) is 0 Å². The molecule has 0 aromatic carbocycles. The van der Waals surface area contributed by atoms with E-state index in [9.17, 15) is 0 Å². The van der Waals surface area contributed by atoms with Crippen LogP contribution in [0.15, 0.2) is 0 Å². The molecule has 0 aromatic heterocycles. The first kappa shape index (κ1) is 10.4. The fourth-order valence-corrected chi connectivity index (χ4v) is 2.96. The number of rotatable bonds is 5. The van der Waals surface area contributed by atoms with Crippen molar-refractivity contribution in [2.45, 2.75) is 25.3 Å². The molecule has 1 heterocycles. The summed E-state index contributed by atoms with van der Waals surface area (Å²) in [6, 6.07) is 0.722. The van der Waals surface area contributed by atoms with Crippen LogP contribution in [-0.2, 0) is 4.74 Å². The molecule has 14 heavy (non-hydrogen) atoms. The van der Waals surface area contributed by atoms with E-state index >= 15 is 0 Å². The maximum absolute atomic E-state index is 5.01. The minimum absolute atomic E-state index is 0.722. The van der Waals surface area contributed by atoms with Crippen molar-refractivity contribution in [3.8, 4) is 0 Å². The summed E-state index contributed by atoms with van der Waals surface area (Å²) in [5, 5.41) is 7.09. The number of ether oxygens (including phenoxy) is 1. The summed E-state index contributed by atoms with van der Waals surface area (Å²) in [5.74, 6) is 1.93. The highest BCUT2D eigenvalue weighted by Gasteiger charge is 2.38. The lowest BCUT2D eigenvalue weighted by molar-refractivity contribution is 0.197. The molecule has 1 aliphatic carbocycles. The van der Waals surface area contributed by atoms with Crippen molar-refractivity contribution in [3.63, 3.8) is 0 Å². The van der Waals surface area contributed by atoms with Gasteiger partial charge in [-0.3, -0.25) is 0 Å². The van der Waals surface area contributed by atoms with E-state index < -0.39 is 0 Å². The quantitative estimate of drug-likeness (QED) is 0.635. The van der Waals surface area contributed by atoms with E-state index in [-0.39, 0.29) is 0 Å². The molecule has 0 spiro atoms. The number of methoxy groups -OCH3 is 1. The fourth-order valence-electron chi connectivity index (χ4n) is 2.96. The monoisotopic (exact) mass is 198 g/mol. The molecule has 1 saturated heterocycles. The molecule has 1 saturated carbocycles. The molecule has 2 N–H and O–H groups in total. The van der Waals surface area contributed by atoms with E-state index in [1.807, 2.05) is 0 Å². The van der Waals surface area contributed by atoms with Crippen molar-refractivity contribution < 1.29 is 4.74 Å². The van der Waals surface area contributed by atoms with Gasteiger partial charge < -0.3 is 15.4 Å². The van der Waals surface area contributed by atoms with Crippen LogP contribution in [-0.4, -0.2) is 39.4 Å². The Hall–Kier alpha value is -0.120. The zero-order valence-corrected chi connectivity index (χ0v) is 9.09. The van der Waals surface area contributed by atoms with Crippen molar-refractivity contribution >= 4 is 0 Å². The highest BCUT2D eigenvalue weighted by molar-refractivity contribution is 4.94. The molecule has 0 bridgehead atoms. The van der Waals surface area contributed by atoms with Gasteiger partial charge in [-0.25, -0.2) is 0 Å². The number of fused-ring (bicyclic) bond motifs is 1. The maximum Gasteiger partial charge on any atom is 0.0587 e. The van der Waals surface area contributed by atoms with Gasteiger partial charge in [-0.15, -0.1) is 0 Å². The Morgan fingerprint density at radius 2 is 2.36 bits per heavy atom. The van der Waals surface area contributed by atoms with Crippen molar-refractivity contribution in [2.75, 3.05) is 33.4 Å². The van der Waals surface area contributed by atoms with E-state index in [4.69, 9.17) is 4.74 Å². The number of nitrogens with one attached hydrogen (secondary N) is 2. The molecule has 3 unspecified atom stereocenters. The van der Waals surface area contributed by atoms with Gasteiger partial charge in [-0.2, -0.15) is 0 Å². The molecule has 3 heteroatoms. The van der Waals surface area contributed by atoms with Crippen LogP contribution in [0.5, 0.6) is 0 Å². The van der Waals surface area contributed by atoms with E-state index in [0.717, 1.165) is 37.6 Å². The average Bonchev–Trinajstić information content (AvgIpc) is 2.75. The maximum atomic E-state index is 5.01. The predicted molar refractivity (Wildman–Crippen MR) is 57.4 cm³/mol. The zero-order chi connectivity index (χ0) is 9.80. The SMILES string of the molecule is COCCNCC1NCC2CCCC21. The van der Waals surface area contributed by atoms with Crippen LogP contribution in [0, 0.1) is 11.8 Å². The van der Waals surface area contributed by atoms with Gasteiger partial charge >= 0.3 is 0 Å². The van der Waals surface area contributed by atoms with Gasteiger partial charge in [0.2, 0.25) is 0 Å². The second kappa shape index (κ2) is 5.10. The molecule has 82 valence electrons. The van der Waals surface area contributed by atoms with Gasteiger partial charge in [0.05, 0.1) is 6.61 Å². The first-order valence-corrected chi connectivity index (χ1v) is 5.85. The highest BCUT2D eigenvalue weighted by Crippen LogP contribution is 2.37. The van der Waals surface area contributed by atoms with E-state index in [2.05, 4.69) is 10.6 Å².